The van der Waals surface area contributed by atoms with E-state index in [1.807, 2.05) is 61.1 Å². The fourth-order valence-corrected chi connectivity index (χ4v) is 2.72. The number of urea groups is 1. The second-order valence-electron chi connectivity index (χ2n) is 5.78. The molecule has 2 amide bonds. The van der Waals surface area contributed by atoms with Gasteiger partial charge in [0.2, 0.25) is 0 Å². The average Bonchev–Trinajstić information content (AvgIpc) is 3.06. The van der Waals surface area contributed by atoms with Crippen LogP contribution in [0, 0.1) is 0 Å². The van der Waals surface area contributed by atoms with Gasteiger partial charge in [0.15, 0.2) is 0 Å². The number of carbonyl (C=O) groups excluding carboxylic acids is 1. The lowest BCUT2D eigenvalue weighted by molar-refractivity contribution is 0.248. The van der Waals surface area contributed by atoms with Crippen molar-refractivity contribution in [2.24, 2.45) is 7.05 Å². The number of benzene rings is 1. The number of nitrogens with zero attached hydrogens (tertiary/aromatic N) is 3. The maximum Gasteiger partial charge on any atom is 0.319 e. The number of rotatable bonds is 5. The summed E-state index contributed by atoms with van der Waals surface area (Å²) in [4.78, 5) is 20.7. The van der Waals surface area contributed by atoms with Crippen LogP contribution in [0.5, 0.6) is 0 Å². The Balaban J connectivity index is 1.70. The lowest BCUT2D eigenvalue weighted by Gasteiger charge is -2.18. The van der Waals surface area contributed by atoms with Gasteiger partial charge in [-0.15, -0.1) is 0 Å². The Hall–Kier alpha value is -3.15. The van der Waals surface area contributed by atoms with Crippen LogP contribution >= 0.6 is 0 Å². The number of imidazole rings is 1. The van der Waals surface area contributed by atoms with E-state index in [-0.39, 0.29) is 12.1 Å². The summed E-state index contributed by atoms with van der Waals surface area (Å²) in [5.74, 6) is 0.854. The van der Waals surface area contributed by atoms with Crippen molar-refractivity contribution >= 4 is 11.7 Å². The van der Waals surface area contributed by atoms with Crippen molar-refractivity contribution in [1.82, 2.24) is 19.9 Å². The molecule has 0 aliphatic carbocycles. The van der Waals surface area contributed by atoms with Crippen LogP contribution in [0.3, 0.4) is 0 Å². The van der Waals surface area contributed by atoms with Gasteiger partial charge in [0.1, 0.15) is 5.82 Å². The minimum absolute atomic E-state index is 0.0549. The molecule has 1 unspecified atom stereocenters. The number of hydrogen-bond donors (Lipinski definition) is 2. The molecule has 0 aliphatic rings. The zero-order valence-corrected chi connectivity index (χ0v) is 14.3. The van der Waals surface area contributed by atoms with Crippen LogP contribution in [0.4, 0.5) is 10.5 Å². The molecule has 0 radical (unpaired) electrons. The second kappa shape index (κ2) is 7.61. The third-order valence-corrected chi connectivity index (χ3v) is 4.02. The van der Waals surface area contributed by atoms with E-state index in [2.05, 4.69) is 20.6 Å². The molecule has 0 saturated heterocycles. The molecule has 0 bridgehead atoms. The molecule has 0 saturated carbocycles. The van der Waals surface area contributed by atoms with E-state index < -0.39 is 0 Å². The smallest absolute Gasteiger partial charge is 0.319 e. The minimum Gasteiger partial charge on any atom is -0.334 e. The SMILES string of the molecule is CCC(NC(=O)Nc1cccc(-c2nccn2C)c1)c1ccncc1. The van der Waals surface area contributed by atoms with Gasteiger partial charge >= 0.3 is 6.03 Å². The van der Waals surface area contributed by atoms with E-state index in [1.54, 1.807) is 18.6 Å². The molecular weight excluding hydrogens is 314 g/mol. The standard InChI is InChI=1S/C19H21N5O/c1-3-17(14-7-9-20-10-8-14)23-19(25)22-16-6-4-5-15(13-16)18-21-11-12-24(18)2/h4-13,17H,3H2,1-2H3,(H2,22,23,25). The van der Waals surface area contributed by atoms with Gasteiger partial charge in [-0.2, -0.15) is 0 Å². The molecular formula is C19H21N5O. The van der Waals surface area contributed by atoms with Crippen LogP contribution in [-0.2, 0) is 7.05 Å². The molecule has 1 aromatic carbocycles. The monoisotopic (exact) mass is 335 g/mol. The molecule has 1 atom stereocenters. The Morgan fingerprint density at radius 2 is 2.00 bits per heavy atom. The fourth-order valence-electron chi connectivity index (χ4n) is 2.72. The molecule has 0 aliphatic heterocycles. The topological polar surface area (TPSA) is 71.8 Å². The summed E-state index contributed by atoms with van der Waals surface area (Å²) in [6.45, 7) is 2.03. The molecule has 128 valence electrons. The summed E-state index contributed by atoms with van der Waals surface area (Å²) in [6, 6.07) is 11.2. The van der Waals surface area contributed by atoms with Crippen molar-refractivity contribution in [2.75, 3.05) is 5.32 Å². The van der Waals surface area contributed by atoms with Crippen LogP contribution in [-0.4, -0.2) is 20.6 Å². The number of anilines is 1. The summed E-state index contributed by atoms with van der Waals surface area (Å²) in [5.41, 5.74) is 2.71. The van der Waals surface area contributed by atoms with E-state index in [0.717, 1.165) is 29.1 Å². The van der Waals surface area contributed by atoms with Crippen molar-refractivity contribution in [2.45, 2.75) is 19.4 Å². The summed E-state index contributed by atoms with van der Waals surface area (Å²) in [6.07, 6.45) is 7.90. The Bertz CT molecular complexity index is 844. The van der Waals surface area contributed by atoms with Crippen LogP contribution in [0.1, 0.15) is 24.9 Å². The molecule has 2 aromatic heterocycles. The highest BCUT2D eigenvalue weighted by Crippen LogP contribution is 2.21. The number of carbonyl (C=O) groups is 1. The Labute approximate surface area is 146 Å². The summed E-state index contributed by atoms with van der Waals surface area (Å²) in [7, 11) is 1.94. The lowest BCUT2D eigenvalue weighted by atomic mass is 10.1. The first-order valence-corrected chi connectivity index (χ1v) is 8.22. The molecule has 6 nitrogen and oxygen atoms in total. The normalized spacial score (nSPS) is 11.8. The predicted octanol–water partition coefficient (Wildman–Crippen LogP) is 3.75. The lowest BCUT2D eigenvalue weighted by Crippen LogP contribution is -2.32. The summed E-state index contributed by atoms with van der Waals surface area (Å²) in [5, 5.41) is 5.89. The fraction of sp³-hybridized carbons (Fsp3) is 0.211. The zero-order valence-electron chi connectivity index (χ0n) is 14.3. The Morgan fingerprint density at radius 3 is 2.68 bits per heavy atom. The van der Waals surface area contributed by atoms with Crippen molar-refractivity contribution in [3.63, 3.8) is 0 Å². The summed E-state index contributed by atoms with van der Waals surface area (Å²) < 4.78 is 1.94. The number of aromatic nitrogens is 3. The van der Waals surface area contributed by atoms with Gasteiger partial charge in [-0.25, -0.2) is 9.78 Å². The molecule has 3 aromatic rings. The van der Waals surface area contributed by atoms with Gasteiger partial charge in [-0.05, 0) is 36.2 Å². The maximum absolute atomic E-state index is 12.4. The number of pyridine rings is 1. The third kappa shape index (κ3) is 4.03. The van der Waals surface area contributed by atoms with Gasteiger partial charge in [0.25, 0.3) is 0 Å². The van der Waals surface area contributed by atoms with Gasteiger partial charge in [-0.3, -0.25) is 4.98 Å². The molecule has 2 heterocycles. The van der Waals surface area contributed by atoms with Crippen LogP contribution in [0.25, 0.3) is 11.4 Å². The predicted molar refractivity (Wildman–Crippen MR) is 98.1 cm³/mol. The van der Waals surface area contributed by atoms with E-state index in [9.17, 15) is 4.79 Å². The quantitative estimate of drug-likeness (QED) is 0.746. The van der Waals surface area contributed by atoms with Gasteiger partial charge < -0.3 is 15.2 Å². The van der Waals surface area contributed by atoms with E-state index >= 15 is 0 Å². The van der Waals surface area contributed by atoms with E-state index in [1.165, 1.54) is 0 Å². The molecule has 0 fully saturated rings. The highest BCUT2D eigenvalue weighted by Gasteiger charge is 2.13. The average molecular weight is 335 g/mol. The molecule has 2 N–H and O–H groups in total. The zero-order chi connectivity index (χ0) is 17.6. The number of nitrogens with one attached hydrogen (secondary N) is 2. The highest BCUT2D eigenvalue weighted by molar-refractivity contribution is 5.90. The van der Waals surface area contributed by atoms with Gasteiger partial charge in [0, 0.05) is 43.1 Å². The van der Waals surface area contributed by atoms with E-state index in [0.29, 0.717) is 0 Å². The van der Waals surface area contributed by atoms with E-state index in [4.69, 9.17) is 0 Å². The Kier molecular flexibility index (Phi) is 5.09. The third-order valence-electron chi connectivity index (χ3n) is 4.02. The first kappa shape index (κ1) is 16.7. The molecule has 3 rings (SSSR count). The largest absolute Gasteiger partial charge is 0.334 e. The molecule has 0 spiro atoms. The Morgan fingerprint density at radius 1 is 1.20 bits per heavy atom. The van der Waals surface area contributed by atoms with Crippen molar-refractivity contribution in [3.8, 4) is 11.4 Å². The highest BCUT2D eigenvalue weighted by atomic mass is 16.2. The number of amides is 2. The van der Waals surface area contributed by atoms with Crippen LogP contribution in [0.2, 0.25) is 0 Å². The van der Waals surface area contributed by atoms with Gasteiger partial charge in [0.05, 0.1) is 6.04 Å². The molecule has 25 heavy (non-hydrogen) atoms. The summed E-state index contributed by atoms with van der Waals surface area (Å²) >= 11 is 0. The second-order valence-corrected chi connectivity index (χ2v) is 5.78. The van der Waals surface area contributed by atoms with Crippen LogP contribution in [0.15, 0.2) is 61.2 Å². The number of aryl methyl sites for hydroxylation is 1. The number of hydrogen-bond acceptors (Lipinski definition) is 3. The van der Waals surface area contributed by atoms with Crippen molar-refractivity contribution in [3.05, 3.63) is 66.7 Å². The van der Waals surface area contributed by atoms with Crippen molar-refractivity contribution in [1.29, 1.82) is 0 Å². The molecule has 6 heteroatoms. The van der Waals surface area contributed by atoms with Crippen molar-refractivity contribution < 1.29 is 4.79 Å². The minimum atomic E-state index is -0.236. The van der Waals surface area contributed by atoms with Gasteiger partial charge in [-0.1, -0.05) is 19.1 Å². The first-order chi connectivity index (χ1) is 12.2. The maximum atomic E-state index is 12.4. The van der Waals surface area contributed by atoms with Crippen LogP contribution < -0.4 is 10.6 Å². The first-order valence-electron chi connectivity index (χ1n) is 8.22.